The highest BCUT2D eigenvalue weighted by atomic mass is 15.0. The second kappa shape index (κ2) is 6.77. The van der Waals surface area contributed by atoms with E-state index in [-0.39, 0.29) is 0 Å². The topological polar surface area (TPSA) is 24.1 Å². The molecular weight excluding hydrogens is 208 g/mol. The molecule has 2 N–H and O–H groups in total. The number of hydrogen-bond donors (Lipinski definition) is 2. The normalized spacial score (nSPS) is 24.8. The van der Waals surface area contributed by atoms with Gasteiger partial charge in [-0.25, -0.2) is 0 Å². The first kappa shape index (κ1) is 12.6. The van der Waals surface area contributed by atoms with Gasteiger partial charge in [-0.15, -0.1) is 0 Å². The molecule has 1 aliphatic carbocycles. The number of nitrogens with one attached hydrogen (secondary N) is 2. The van der Waals surface area contributed by atoms with Crippen LogP contribution in [0.25, 0.3) is 0 Å². The Morgan fingerprint density at radius 1 is 1.06 bits per heavy atom. The molecule has 0 heterocycles. The lowest BCUT2D eigenvalue weighted by Crippen LogP contribution is -2.41. The highest BCUT2D eigenvalue weighted by Gasteiger charge is 2.20. The van der Waals surface area contributed by atoms with Crippen molar-refractivity contribution in [3.8, 4) is 0 Å². The third-order valence-electron chi connectivity index (χ3n) is 3.60. The molecule has 0 amide bonds. The molecule has 2 nitrogen and oxygen atoms in total. The average molecular weight is 232 g/mol. The minimum Gasteiger partial charge on any atom is -0.314 e. The van der Waals surface area contributed by atoms with Gasteiger partial charge in [0.2, 0.25) is 0 Å². The Bertz CT molecular complexity index is 308. The molecule has 94 valence electrons. The van der Waals surface area contributed by atoms with Gasteiger partial charge in [-0.1, -0.05) is 43.7 Å². The molecule has 0 spiro atoms. The summed E-state index contributed by atoms with van der Waals surface area (Å²) >= 11 is 0. The fourth-order valence-electron chi connectivity index (χ4n) is 2.71. The first-order chi connectivity index (χ1) is 8.38. The molecule has 1 saturated carbocycles. The van der Waals surface area contributed by atoms with E-state index in [1.165, 1.54) is 31.2 Å². The largest absolute Gasteiger partial charge is 0.314 e. The Morgan fingerprint density at radius 3 is 2.47 bits per heavy atom. The minimum atomic E-state index is 0.688. The van der Waals surface area contributed by atoms with Gasteiger partial charge < -0.3 is 10.6 Å². The Morgan fingerprint density at radius 2 is 1.76 bits per heavy atom. The number of benzene rings is 1. The zero-order valence-electron chi connectivity index (χ0n) is 10.8. The highest BCUT2D eigenvalue weighted by Crippen LogP contribution is 2.18. The van der Waals surface area contributed by atoms with Crippen LogP contribution in [0.1, 0.15) is 38.2 Å². The van der Waals surface area contributed by atoms with Crippen LogP contribution >= 0.6 is 0 Å². The molecule has 1 aromatic carbocycles. The summed E-state index contributed by atoms with van der Waals surface area (Å²) in [4.78, 5) is 0. The summed E-state index contributed by atoms with van der Waals surface area (Å²) in [6.07, 6.45) is 5.30. The van der Waals surface area contributed by atoms with Gasteiger partial charge in [-0.3, -0.25) is 0 Å². The van der Waals surface area contributed by atoms with Gasteiger partial charge >= 0.3 is 0 Å². The number of hydrogen-bond acceptors (Lipinski definition) is 2. The molecule has 1 aromatic rings. The maximum absolute atomic E-state index is 3.69. The summed E-state index contributed by atoms with van der Waals surface area (Å²) in [6.45, 7) is 4.29. The molecule has 0 saturated heterocycles. The van der Waals surface area contributed by atoms with Crippen LogP contribution in [0.15, 0.2) is 30.3 Å². The molecule has 2 atom stereocenters. The van der Waals surface area contributed by atoms with Crippen LogP contribution < -0.4 is 10.6 Å². The van der Waals surface area contributed by atoms with Crippen molar-refractivity contribution < 1.29 is 0 Å². The molecule has 2 rings (SSSR count). The standard InChI is InChI=1S/C15H24N2/c1-2-16-14-9-6-10-15(11-14)17-12-13-7-4-3-5-8-13/h3-5,7-8,14-17H,2,6,9-12H2,1H3/t14-,15+/m0/s1. The van der Waals surface area contributed by atoms with E-state index in [1.54, 1.807) is 0 Å². The van der Waals surface area contributed by atoms with E-state index >= 15 is 0 Å². The average Bonchev–Trinajstić information content (AvgIpc) is 2.39. The van der Waals surface area contributed by atoms with Crippen LogP contribution in [0.2, 0.25) is 0 Å². The predicted octanol–water partition coefficient (Wildman–Crippen LogP) is 2.70. The van der Waals surface area contributed by atoms with E-state index in [1.807, 2.05) is 0 Å². The van der Waals surface area contributed by atoms with Crippen molar-refractivity contribution in [3.05, 3.63) is 35.9 Å². The SMILES string of the molecule is CCN[C@H]1CCC[C@@H](NCc2ccccc2)C1. The molecule has 0 aromatic heterocycles. The van der Waals surface area contributed by atoms with Crippen molar-refractivity contribution >= 4 is 0 Å². The van der Waals surface area contributed by atoms with Gasteiger partial charge in [-0.05, 0) is 31.4 Å². The zero-order chi connectivity index (χ0) is 11.9. The summed E-state index contributed by atoms with van der Waals surface area (Å²) in [7, 11) is 0. The van der Waals surface area contributed by atoms with Crippen LogP contribution in [0.4, 0.5) is 0 Å². The van der Waals surface area contributed by atoms with E-state index in [4.69, 9.17) is 0 Å². The molecule has 0 unspecified atom stereocenters. The van der Waals surface area contributed by atoms with Gasteiger partial charge in [0.1, 0.15) is 0 Å². The van der Waals surface area contributed by atoms with Gasteiger partial charge in [0.15, 0.2) is 0 Å². The Balaban J connectivity index is 1.75. The quantitative estimate of drug-likeness (QED) is 0.815. The fraction of sp³-hybridized carbons (Fsp3) is 0.600. The molecule has 0 aliphatic heterocycles. The molecular formula is C15H24N2. The summed E-state index contributed by atoms with van der Waals surface area (Å²) in [5.74, 6) is 0. The maximum Gasteiger partial charge on any atom is 0.0208 e. The lowest BCUT2D eigenvalue weighted by atomic mass is 9.91. The monoisotopic (exact) mass is 232 g/mol. The predicted molar refractivity (Wildman–Crippen MR) is 73.0 cm³/mol. The Kier molecular flexibility index (Phi) is 5.02. The molecule has 2 heteroatoms. The molecule has 1 aliphatic rings. The van der Waals surface area contributed by atoms with Crippen molar-refractivity contribution in [2.24, 2.45) is 0 Å². The molecule has 17 heavy (non-hydrogen) atoms. The maximum atomic E-state index is 3.69. The smallest absolute Gasteiger partial charge is 0.0208 e. The first-order valence-corrected chi connectivity index (χ1v) is 6.89. The van der Waals surface area contributed by atoms with Gasteiger partial charge in [0.25, 0.3) is 0 Å². The van der Waals surface area contributed by atoms with Crippen LogP contribution in [0.3, 0.4) is 0 Å². The molecule has 1 fully saturated rings. The Labute approximate surface area is 105 Å². The summed E-state index contributed by atoms with van der Waals surface area (Å²) in [5.41, 5.74) is 1.39. The second-order valence-corrected chi connectivity index (χ2v) is 4.98. The van der Waals surface area contributed by atoms with E-state index in [9.17, 15) is 0 Å². The lowest BCUT2D eigenvalue weighted by Gasteiger charge is -2.30. The van der Waals surface area contributed by atoms with Crippen molar-refractivity contribution in [3.63, 3.8) is 0 Å². The van der Waals surface area contributed by atoms with Crippen molar-refractivity contribution in [2.75, 3.05) is 6.54 Å². The molecule has 0 bridgehead atoms. The van der Waals surface area contributed by atoms with Gasteiger partial charge in [-0.2, -0.15) is 0 Å². The zero-order valence-corrected chi connectivity index (χ0v) is 10.8. The van der Waals surface area contributed by atoms with Crippen molar-refractivity contribution in [1.82, 2.24) is 10.6 Å². The van der Waals surface area contributed by atoms with E-state index in [0.29, 0.717) is 6.04 Å². The third kappa shape index (κ3) is 4.14. The van der Waals surface area contributed by atoms with Crippen molar-refractivity contribution in [1.29, 1.82) is 0 Å². The first-order valence-electron chi connectivity index (χ1n) is 6.89. The van der Waals surface area contributed by atoms with Crippen LogP contribution in [0, 0.1) is 0 Å². The third-order valence-corrected chi connectivity index (χ3v) is 3.60. The minimum absolute atomic E-state index is 0.688. The Hall–Kier alpha value is -0.860. The van der Waals surface area contributed by atoms with Crippen molar-refractivity contribution in [2.45, 2.75) is 51.2 Å². The molecule has 0 radical (unpaired) electrons. The van der Waals surface area contributed by atoms with E-state index < -0.39 is 0 Å². The van der Waals surface area contributed by atoms with Crippen LogP contribution in [-0.4, -0.2) is 18.6 Å². The number of rotatable bonds is 5. The van der Waals surface area contributed by atoms with Crippen LogP contribution in [-0.2, 0) is 6.54 Å². The highest BCUT2D eigenvalue weighted by molar-refractivity contribution is 5.14. The lowest BCUT2D eigenvalue weighted by molar-refractivity contribution is 0.304. The summed E-state index contributed by atoms with van der Waals surface area (Å²) in [6, 6.07) is 12.1. The van der Waals surface area contributed by atoms with E-state index in [2.05, 4.69) is 47.9 Å². The second-order valence-electron chi connectivity index (χ2n) is 4.98. The summed E-state index contributed by atoms with van der Waals surface area (Å²) in [5, 5.41) is 7.26. The van der Waals surface area contributed by atoms with Gasteiger partial charge in [0.05, 0.1) is 0 Å². The summed E-state index contributed by atoms with van der Waals surface area (Å²) < 4.78 is 0. The fourth-order valence-corrected chi connectivity index (χ4v) is 2.71. The van der Waals surface area contributed by atoms with E-state index in [0.717, 1.165) is 19.1 Å². The van der Waals surface area contributed by atoms with Gasteiger partial charge in [0, 0.05) is 18.6 Å². The van der Waals surface area contributed by atoms with Crippen LogP contribution in [0.5, 0.6) is 0 Å².